The normalized spacial score (nSPS) is 11.0. The fraction of sp³-hybridized carbons (Fsp3) is 0.533. The number of carbonyl (C=O) groups excluding carboxylic acids is 1. The van der Waals surface area contributed by atoms with Gasteiger partial charge in [0.2, 0.25) is 0 Å². The summed E-state index contributed by atoms with van der Waals surface area (Å²) < 4.78 is 0. The van der Waals surface area contributed by atoms with E-state index in [4.69, 9.17) is 0 Å². The molecule has 1 aromatic rings. The van der Waals surface area contributed by atoms with Crippen LogP contribution < -0.4 is 5.32 Å². The summed E-state index contributed by atoms with van der Waals surface area (Å²) in [7, 11) is 2.15. The van der Waals surface area contributed by atoms with Gasteiger partial charge in [0.05, 0.1) is 0 Å². The molecule has 18 heavy (non-hydrogen) atoms. The van der Waals surface area contributed by atoms with Gasteiger partial charge in [0, 0.05) is 23.8 Å². The number of anilines is 1. The van der Waals surface area contributed by atoms with E-state index in [1.807, 2.05) is 24.3 Å². The van der Waals surface area contributed by atoms with Gasteiger partial charge >= 0.3 is 0 Å². The Hall–Kier alpha value is -1.35. The number of carbonyl (C=O) groups is 1. The van der Waals surface area contributed by atoms with Crippen molar-refractivity contribution in [2.24, 2.45) is 0 Å². The van der Waals surface area contributed by atoms with Crippen molar-refractivity contribution in [1.29, 1.82) is 0 Å². The minimum Gasteiger partial charge on any atom is -0.385 e. The van der Waals surface area contributed by atoms with Crippen LogP contribution in [0.1, 0.15) is 37.6 Å². The molecule has 1 rings (SSSR count). The highest BCUT2D eigenvalue weighted by atomic mass is 16.1. The standard InChI is InChI=1S/C15H24N2O/c1-12(2)17(4)11-5-10-16-15-8-6-14(7-9-15)13(3)18/h6-9,12,16H,5,10-11H2,1-4H3. The van der Waals surface area contributed by atoms with E-state index in [0.29, 0.717) is 6.04 Å². The first-order valence-electron chi connectivity index (χ1n) is 6.56. The third-order valence-electron chi connectivity index (χ3n) is 3.19. The van der Waals surface area contributed by atoms with Gasteiger partial charge in [-0.25, -0.2) is 0 Å². The number of nitrogens with zero attached hydrogens (tertiary/aromatic N) is 1. The van der Waals surface area contributed by atoms with Crippen molar-refractivity contribution >= 4 is 11.5 Å². The molecule has 0 fully saturated rings. The first-order valence-corrected chi connectivity index (χ1v) is 6.56. The van der Waals surface area contributed by atoms with E-state index in [0.717, 1.165) is 30.8 Å². The van der Waals surface area contributed by atoms with Crippen LogP contribution >= 0.6 is 0 Å². The first-order chi connectivity index (χ1) is 8.50. The molecule has 3 heteroatoms. The fourth-order valence-electron chi connectivity index (χ4n) is 1.64. The Labute approximate surface area is 110 Å². The second-order valence-electron chi connectivity index (χ2n) is 4.99. The zero-order valence-corrected chi connectivity index (χ0v) is 11.9. The Kier molecular flexibility index (Phi) is 5.86. The summed E-state index contributed by atoms with van der Waals surface area (Å²) in [6.07, 6.45) is 1.11. The highest BCUT2D eigenvalue weighted by molar-refractivity contribution is 5.94. The van der Waals surface area contributed by atoms with Crippen LogP contribution in [0.3, 0.4) is 0 Å². The molecule has 1 aromatic carbocycles. The molecule has 0 spiro atoms. The third kappa shape index (κ3) is 4.88. The number of rotatable bonds is 7. The molecule has 0 atom stereocenters. The minimum atomic E-state index is 0.111. The van der Waals surface area contributed by atoms with Crippen LogP contribution in [-0.2, 0) is 0 Å². The van der Waals surface area contributed by atoms with Crippen molar-refractivity contribution in [3.8, 4) is 0 Å². The molecule has 3 nitrogen and oxygen atoms in total. The molecule has 0 bridgehead atoms. The van der Waals surface area contributed by atoms with Gasteiger partial charge in [-0.15, -0.1) is 0 Å². The fourth-order valence-corrected chi connectivity index (χ4v) is 1.64. The molecular weight excluding hydrogens is 224 g/mol. The van der Waals surface area contributed by atoms with E-state index in [1.54, 1.807) is 6.92 Å². The Morgan fingerprint density at radius 2 is 1.89 bits per heavy atom. The maximum atomic E-state index is 11.1. The van der Waals surface area contributed by atoms with E-state index >= 15 is 0 Å². The van der Waals surface area contributed by atoms with Crippen LogP contribution in [0.15, 0.2) is 24.3 Å². The lowest BCUT2D eigenvalue weighted by molar-refractivity contribution is 0.101. The Morgan fingerprint density at radius 1 is 1.28 bits per heavy atom. The molecule has 0 aliphatic heterocycles. The predicted molar refractivity (Wildman–Crippen MR) is 77.3 cm³/mol. The van der Waals surface area contributed by atoms with Gasteiger partial charge in [0.1, 0.15) is 0 Å². The predicted octanol–water partition coefficient (Wildman–Crippen LogP) is 3.03. The quantitative estimate of drug-likeness (QED) is 0.594. The summed E-state index contributed by atoms with van der Waals surface area (Å²) in [6.45, 7) is 8.04. The molecule has 100 valence electrons. The Morgan fingerprint density at radius 3 is 2.39 bits per heavy atom. The summed E-state index contributed by atoms with van der Waals surface area (Å²) in [5.74, 6) is 0.111. The Balaban J connectivity index is 2.29. The van der Waals surface area contributed by atoms with E-state index in [9.17, 15) is 4.79 Å². The van der Waals surface area contributed by atoms with Crippen molar-refractivity contribution in [2.45, 2.75) is 33.2 Å². The maximum Gasteiger partial charge on any atom is 0.159 e. The first kappa shape index (κ1) is 14.7. The summed E-state index contributed by atoms with van der Waals surface area (Å²) in [5, 5.41) is 3.37. The molecular formula is C15H24N2O. The lowest BCUT2D eigenvalue weighted by Gasteiger charge is -2.20. The number of hydrogen-bond donors (Lipinski definition) is 1. The minimum absolute atomic E-state index is 0.111. The van der Waals surface area contributed by atoms with E-state index < -0.39 is 0 Å². The van der Waals surface area contributed by atoms with Crippen molar-refractivity contribution in [1.82, 2.24) is 4.90 Å². The molecule has 0 saturated carbocycles. The highest BCUT2D eigenvalue weighted by Crippen LogP contribution is 2.10. The zero-order valence-electron chi connectivity index (χ0n) is 11.9. The molecule has 0 aliphatic rings. The molecule has 0 aliphatic carbocycles. The van der Waals surface area contributed by atoms with Crippen LogP contribution in [0.25, 0.3) is 0 Å². The second-order valence-corrected chi connectivity index (χ2v) is 4.99. The number of Topliss-reactive ketones (excluding diaryl/α,β-unsaturated/α-hetero) is 1. The largest absolute Gasteiger partial charge is 0.385 e. The monoisotopic (exact) mass is 248 g/mol. The lowest BCUT2D eigenvalue weighted by Crippen LogP contribution is -2.28. The topological polar surface area (TPSA) is 32.3 Å². The number of ketones is 1. The van der Waals surface area contributed by atoms with Gasteiger partial charge < -0.3 is 10.2 Å². The van der Waals surface area contributed by atoms with Gasteiger partial charge in [-0.3, -0.25) is 4.79 Å². The maximum absolute atomic E-state index is 11.1. The summed E-state index contributed by atoms with van der Waals surface area (Å²) in [5.41, 5.74) is 1.84. The number of benzene rings is 1. The molecule has 0 radical (unpaired) electrons. The van der Waals surface area contributed by atoms with Crippen molar-refractivity contribution < 1.29 is 4.79 Å². The molecule has 0 amide bonds. The number of nitrogens with one attached hydrogen (secondary N) is 1. The van der Waals surface area contributed by atoms with E-state index in [2.05, 4.69) is 31.1 Å². The smallest absolute Gasteiger partial charge is 0.159 e. The summed E-state index contributed by atoms with van der Waals surface area (Å²) >= 11 is 0. The molecule has 0 heterocycles. The van der Waals surface area contributed by atoms with Gasteiger partial charge in [0.15, 0.2) is 5.78 Å². The highest BCUT2D eigenvalue weighted by Gasteiger charge is 2.02. The van der Waals surface area contributed by atoms with Crippen LogP contribution in [0, 0.1) is 0 Å². The molecule has 1 N–H and O–H groups in total. The van der Waals surface area contributed by atoms with Gasteiger partial charge in [-0.05, 0) is 65.0 Å². The average Bonchev–Trinajstić information content (AvgIpc) is 2.34. The second kappa shape index (κ2) is 7.17. The molecule has 0 unspecified atom stereocenters. The Bertz CT molecular complexity index is 371. The van der Waals surface area contributed by atoms with E-state index in [1.165, 1.54) is 0 Å². The lowest BCUT2D eigenvalue weighted by atomic mass is 10.1. The summed E-state index contributed by atoms with van der Waals surface area (Å²) in [4.78, 5) is 13.5. The SMILES string of the molecule is CC(=O)c1ccc(NCCCN(C)C(C)C)cc1. The van der Waals surface area contributed by atoms with Crippen LogP contribution in [-0.4, -0.2) is 36.9 Å². The van der Waals surface area contributed by atoms with Crippen LogP contribution in [0.4, 0.5) is 5.69 Å². The average molecular weight is 248 g/mol. The third-order valence-corrected chi connectivity index (χ3v) is 3.19. The zero-order chi connectivity index (χ0) is 13.5. The van der Waals surface area contributed by atoms with Gasteiger partial charge in [-0.2, -0.15) is 0 Å². The van der Waals surface area contributed by atoms with Crippen molar-refractivity contribution in [3.05, 3.63) is 29.8 Å². The molecule has 0 aromatic heterocycles. The van der Waals surface area contributed by atoms with Crippen LogP contribution in [0.5, 0.6) is 0 Å². The van der Waals surface area contributed by atoms with Gasteiger partial charge in [-0.1, -0.05) is 0 Å². The molecule has 0 saturated heterocycles. The van der Waals surface area contributed by atoms with Crippen LogP contribution in [0.2, 0.25) is 0 Å². The summed E-state index contributed by atoms with van der Waals surface area (Å²) in [6, 6.07) is 8.25. The van der Waals surface area contributed by atoms with Crippen molar-refractivity contribution in [2.75, 3.05) is 25.5 Å². The van der Waals surface area contributed by atoms with E-state index in [-0.39, 0.29) is 5.78 Å². The number of hydrogen-bond acceptors (Lipinski definition) is 3. The van der Waals surface area contributed by atoms with Gasteiger partial charge in [0.25, 0.3) is 0 Å². The van der Waals surface area contributed by atoms with Crippen molar-refractivity contribution in [3.63, 3.8) is 0 Å².